The molecule has 0 rings (SSSR count). The highest BCUT2D eigenvalue weighted by Gasteiger charge is 2.07. The van der Waals surface area contributed by atoms with E-state index in [9.17, 15) is 0 Å². The van der Waals surface area contributed by atoms with Crippen LogP contribution >= 0.6 is 0 Å². The summed E-state index contributed by atoms with van der Waals surface area (Å²) in [6.07, 6.45) is 0. The van der Waals surface area contributed by atoms with E-state index in [-0.39, 0.29) is 12.0 Å². The quantitative estimate of drug-likeness (QED) is 0.540. The minimum atomic E-state index is -0.153. The monoisotopic (exact) mass is 111 g/mol. The molecular weight excluding hydrogens is 102 g/mol. The third-order valence-corrected chi connectivity index (χ3v) is 1.13. The zero-order valence-corrected chi connectivity index (χ0v) is 5.05. The van der Waals surface area contributed by atoms with Gasteiger partial charge in [-0.05, 0) is 13.8 Å². The predicted molar refractivity (Wildman–Crippen MR) is 29.4 cm³/mol. The minimum absolute atomic E-state index is 0.132. The first-order chi connectivity index (χ1) is 3.72. The van der Waals surface area contributed by atoms with Gasteiger partial charge in [-0.15, -0.1) is 0 Å². The van der Waals surface area contributed by atoms with Crippen molar-refractivity contribution in [2.75, 3.05) is 0 Å². The van der Waals surface area contributed by atoms with E-state index in [1.54, 1.807) is 13.8 Å². The largest absolute Gasteiger partial charge is 0.210 e. The number of nitrogens with one attached hydrogen (secondary N) is 1. The van der Waals surface area contributed by atoms with E-state index >= 15 is 0 Å². The van der Waals surface area contributed by atoms with Crippen LogP contribution in [0.4, 0.5) is 0 Å². The van der Waals surface area contributed by atoms with Gasteiger partial charge in [0.2, 0.25) is 0 Å². The fraction of sp³-hybridized carbons (Fsp3) is 0.800. The highest BCUT2D eigenvalue weighted by atomic mass is 15.0. The molecule has 0 aromatic rings. The van der Waals surface area contributed by atoms with E-state index in [1.165, 1.54) is 0 Å². The molecule has 0 aromatic carbocycles. The molecule has 0 aromatic heterocycles. The Morgan fingerprint density at radius 2 is 2.12 bits per heavy atom. The smallest absolute Gasteiger partial charge is 0.0832 e. The topological polar surface area (TPSA) is 60.0 Å². The van der Waals surface area contributed by atoms with Crippen LogP contribution in [0, 0.1) is 22.8 Å². The number of hydrogen-bond acceptors (Lipinski definition) is 3. The van der Waals surface area contributed by atoms with Crippen LogP contribution in [-0.4, -0.2) is 6.04 Å². The zero-order chi connectivity index (χ0) is 6.57. The first-order valence-electron chi connectivity index (χ1n) is 2.48. The van der Waals surface area contributed by atoms with Crippen molar-refractivity contribution in [3.63, 3.8) is 0 Å². The van der Waals surface area contributed by atoms with Crippen molar-refractivity contribution >= 4 is 0 Å². The predicted octanol–water partition coefficient (Wildman–Crippen LogP) is 1.57. The summed E-state index contributed by atoms with van der Waals surface area (Å²) >= 11 is 0. The van der Waals surface area contributed by atoms with Crippen LogP contribution in [0.2, 0.25) is 0 Å². The molecule has 8 heavy (non-hydrogen) atoms. The maximum atomic E-state index is 8.24. The summed E-state index contributed by atoms with van der Waals surface area (Å²) in [5.41, 5.74) is 6.52. The second kappa shape index (κ2) is 3.14. The van der Waals surface area contributed by atoms with Crippen LogP contribution in [0.25, 0.3) is 0 Å². The van der Waals surface area contributed by atoms with Crippen molar-refractivity contribution in [1.29, 1.82) is 10.8 Å². The molecule has 0 saturated carbocycles. The lowest BCUT2D eigenvalue weighted by Crippen LogP contribution is -2.07. The molecule has 0 bridgehead atoms. The van der Waals surface area contributed by atoms with Crippen LogP contribution in [0.5, 0.6) is 0 Å². The zero-order valence-electron chi connectivity index (χ0n) is 5.05. The van der Waals surface area contributed by atoms with Crippen molar-refractivity contribution in [3.05, 3.63) is 0 Å². The molecule has 0 spiro atoms. The van der Waals surface area contributed by atoms with Gasteiger partial charge in [0.05, 0.1) is 18.0 Å². The summed E-state index contributed by atoms with van der Waals surface area (Å²) in [6, 6.07) is 1.85. The lowest BCUT2D eigenvalue weighted by atomic mass is 10.1. The van der Waals surface area contributed by atoms with Gasteiger partial charge < -0.3 is 0 Å². The first kappa shape index (κ1) is 7.09. The summed E-state index contributed by atoms with van der Waals surface area (Å²) in [7, 11) is 0. The van der Waals surface area contributed by atoms with Gasteiger partial charge in [-0.25, -0.2) is 5.53 Å². The highest BCUT2D eigenvalue weighted by Crippen LogP contribution is 2.02. The summed E-state index contributed by atoms with van der Waals surface area (Å²) in [5, 5.41) is 11.4. The molecule has 0 amide bonds. The maximum Gasteiger partial charge on any atom is 0.0832 e. The van der Waals surface area contributed by atoms with Gasteiger partial charge in [-0.1, -0.05) is 0 Å². The van der Waals surface area contributed by atoms with E-state index in [0.717, 1.165) is 0 Å². The molecule has 0 radical (unpaired) electrons. The number of hydrogen-bond donors (Lipinski definition) is 1. The lowest BCUT2D eigenvalue weighted by molar-refractivity contribution is 0.560. The average molecular weight is 111 g/mol. The standard InChI is InChI=1S/C5H9N3/c1-4(3-6)5(2)8-7/h4-5,7H,1-2H3. The Morgan fingerprint density at radius 1 is 1.62 bits per heavy atom. The van der Waals surface area contributed by atoms with Gasteiger partial charge in [0.1, 0.15) is 0 Å². The summed E-state index contributed by atoms with van der Waals surface area (Å²) < 4.78 is 0. The van der Waals surface area contributed by atoms with E-state index < -0.39 is 0 Å². The van der Waals surface area contributed by atoms with Gasteiger partial charge in [0, 0.05) is 0 Å². The Bertz CT molecular complexity index is 113. The summed E-state index contributed by atoms with van der Waals surface area (Å²) in [4.78, 5) is 0. The molecule has 1 N–H and O–H groups in total. The molecule has 0 aliphatic carbocycles. The van der Waals surface area contributed by atoms with E-state index in [4.69, 9.17) is 10.8 Å². The normalized spacial score (nSPS) is 16.1. The van der Waals surface area contributed by atoms with Crippen LogP contribution in [0.3, 0.4) is 0 Å². The third-order valence-electron chi connectivity index (χ3n) is 1.13. The molecule has 0 fully saturated rings. The van der Waals surface area contributed by atoms with Crippen LogP contribution in [0.1, 0.15) is 13.8 Å². The minimum Gasteiger partial charge on any atom is -0.210 e. The SMILES string of the molecule is CC(C#N)C(C)N=N. The van der Waals surface area contributed by atoms with E-state index in [0.29, 0.717) is 0 Å². The second-order valence-electron chi connectivity index (χ2n) is 1.79. The highest BCUT2D eigenvalue weighted by molar-refractivity contribution is 4.85. The van der Waals surface area contributed by atoms with Gasteiger partial charge in [0.15, 0.2) is 0 Å². The molecule has 0 saturated heterocycles. The Balaban J connectivity index is 3.66. The molecular formula is C5H9N3. The Morgan fingerprint density at radius 3 is 2.25 bits per heavy atom. The third kappa shape index (κ3) is 1.69. The summed E-state index contributed by atoms with van der Waals surface area (Å²) in [6.45, 7) is 3.50. The van der Waals surface area contributed by atoms with E-state index in [2.05, 4.69) is 5.11 Å². The molecule has 44 valence electrons. The number of nitrogens with zero attached hydrogens (tertiary/aromatic N) is 2. The van der Waals surface area contributed by atoms with Gasteiger partial charge in [-0.3, -0.25) is 0 Å². The Kier molecular flexibility index (Phi) is 2.78. The molecule has 2 atom stereocenters. The number of rotatable bonds is 2. The molecule has 0 aliphatic rings. The first-order valence-corrected chi connectivity index (χ1v) is 2.48. The van der Waals surface area contributed by atoms with Gasteiger partial charge in [0.25, 0.3) is 0 Å². The molecule has 0 aliphatic heterocycles. The fourth-order valence-corrected chi connectivity index (χ4v) is 0.220. The molecule has 3 nitrogen and oxygen atoms in total. The summed E-state index contributed by atoms with van der Waals surface area (Å²) in [5.74, 6) is -0.132. The molecule has 3 heteroatoms. The van der Waals surface area contributed by atoms with Crippen LogP contribution < -0.4 is 0 Å². The Labute approximate surface area is 48.8 Å². The second-order valence-corrected chi connectivity index (χ2v) is 1.79. The van der Waals surface area contributed by atoms with Crippen LogP contribution in [0.15, 0.2) is 5.11 Å². The van der Waals surface area contributed by atoms with Crippen molar-refractivity contribution in [2.24, 2.45) is 11.0 Å². The van der Waals surface area contributed by atoms with Crippen molar-refractivity contribution in [3.8, 4) is 6.07 Å². The number of nitriles is 1. The molecule has 2 unspecified atom stereocenters. The Hall–Kier alpha value is -0.910. The van der Waals surface area contributed by atoms with E-state index in [1.807, 2.05) is 6.07 Å². The van der Waals surface area contributed by atoms with Gasteiger partial charge >= 0.3 is 0 Å². The maximum absolute atomic E-state index is 8.24. The average Bonchev–Trinajstić information content (AvgIpc) is 1.84. The fourth-order valence-electron chi connectivity index (χ4n) is 0.220. The lowest BCUT2D eigenvalue weighted by Gasteiger charge is -2.02. The van der Waals surface area contributed by atoms with Crippen molar-refractivity contribution in [1.82, 2.24) is 0 Å². The van der Waals surface area contributed by atoms with Crippen LogP contribution in [-0.2, 0) is 0 Å². The van der Waals surface area contributed by atoms with Gasteiger partial charge in [-0.2, -0.15) is 10.4 Å². The van der Waals surface area contributed by atoms with Crippen molar-refractivity contribution in [2.45, 2.75) is 19.9 Å². The molecule has 0 heterocycles. The van der Waals surface area contributed by atoms with Crippen molar-refractivity contribution < 1.29 is 0 Å².